The first-order valence-electron chi connectivity index (χ1n) is 19.7. The molecule has 0 spiro atoms. The van der Waals surface area contributed by atoms with E-state index in [2.05, 4.69) is 50.3 Å². The Morgan fingerprint density at radius 1 is 0.620 bits per heavy atom. The molecule has 0 aromatic rings. The molecular weight excluding hydrogens is 653 g/mol. The maximum absolute atomic E-state index is 12.6. The predicted molar refractivity (Wildman–Crippen MR) is 204 cm³/mol. The van der Waals surface area contributed by atoms with Crippen LogP contribution in [0.25, 0.3) is 0 Å². The average molecular weight is 728 g/mol. The minimum absolute atomic E-state index is 0.0355. The second-order valence-corrected chi connectivity index (χ2v) is 15.7. The van der Waals surface area contributed by atoms with E-state index in [4.69, 9.17) is 18.5 Å². The summed E-state index contributed by atoms with van der Waals surface area (Å²) in [5.74, 6) is -0.865. The van der Waals surface area contributed by atoms with Gasteiger partial charge in [0.05, 0.1) is 27.7 Å². The molecule has 0 N–H and O–H groups in total. The molecule has 0 bridgehead atoms. The lowest BCUT2D eigenvalue weighted by atomic mass is 10.1. The monoisotopic (exact) mass is 728 g/mol. The molecule has 1 unspecified atom stereocenters. The van der Waals surface area contributed by atoms with E-state index in [0.29, 0.717) is 17.4 Å². The lowest BCUT2D eigenvalue weighted by molar-refractivity contribution is -0.870. The number of nitrogens with zero attached hydrogens (tertiary/aromatic N) is 1. The van der Waals surface area contributed by atoms with Gasteiger partial charge in [-0.1, -0.05) is 115 Å². The minimum atomic E-state index is -4.62. The van der Waals surface area contributed by atoms with Crippen LogP contribution in [-0.2, 0) is 32.7 Å². The molecule has 0 aliphatic carbocycles. The molecule has 0 rings (SSSR count). The smallest absolute Gasteiger partial charge is 0.306 e. The van der Waals surface area contributed by atoms with Crippen molar-refractivity contribution in [2.75, 3.05) is 47.5 Å². The Balaban J connectivity index is 4.46. The zero-order valence-corrected chi connectivity index (χ0v) is 33.5. The maximum atomic E-state index is 12.6. The van der Waals surface area contributed by atoms with Gasteiger partial charge in [0.15, 0.2) is 6.10 Å². The Morgan fingerprint density at radius 3 is 1.66 bits per heavy atom. The number of quaternary nitrogens is 1. The van der Waals surface area contributed by atoms with E-state index in [0.717, 1.165) is 83.5 Å². The van der Waals surface area contributed by atoms with Gasteiger partial charge in [-0.25, -0.2) is 0 Å². The van der Waals surface area contributed by atoms with E-state index in [-0.39, 0.29) is 26.1 Å². The summed E-state index contributed by atoms with van der Waals surface area (Å²) >= 11 is 0. The van der Waals surface area contributed by atoms with Gasteiger partial charge in [0.1, 0.15) is 19.8 Å². The van der Waals surface area contributed by atoms with Gasteiger partial charge < -0.3 is 27.9 Å². The number of allylic oxidation sites excluding steroid dienone is 6. The van der Waals surface area contributed by atoms with Crippen LogP contribution in [0.2, 0.25) is 0 Å². The summed E-state index contributed by atoms with van der Waals surface area (Å²) in [5.41, 5.74) is 0. The maximum Gasteiger partial charge on any atom is 0.306 e. The fourth-order valence-corrected chi connectivity index (χ4v) is 5.69. The first-order valence-corrected chi connectivity index (χ1v) is 21.2. The summed E-state index contributed by atoms with van der Waals surface area (Å²) in [6, 6.07) is 0. The molecule has 0 radical (unpaired) electrons. The van der Waals surface area contributed by atoms with E-state index in [1.807, 2.05) is 21.1 Å². The van der Waals surface area contributed by atoms with Gasteiger partial charge in [-0.3, -0.25) is 14.2 Å². The molecule has 292 valence electrons. The zero-order valence-electron chi connectivity index (χ0n) is 32.6. The first kappa shape index (κ1) is 48.2. The van der Waals surface area contributed by atoms with Crippen molar-refractivity contribution in [2.45, 2.75) is 161 Å². The van der Waals surface area contributed by atoms with E-state index < -0.39 is 32.5 Å². The number of hydrogen-bond acceptors (Lipinski definition) is 8. The Kier molecular flexibility index (Phi) is 31.9. The Labute approximate surface area is 306 Å². The number of carbonyl (C=O) groups excluding carboxylic acids is 2. The van der Waals surface area contributed by atoms with Crippen molar-refractivity contribution in [3.63, 3.8) is 0 Å². The third kappa shape index (κ3) is 36.0. The molecule has 9 nitrogen and oxygen atoms in total. The molecule has 0 saturated carbocycles. The fraction of sp³-hybridized carbons (Fsp3) is 0.800. The second-order valence-electron chi connectivity index (χ2n) is 14.3. The van der Waals surface area contributed by atoms with E-state index in [1.165, 1.54) is 38.5 Å². The molecule has 0 heterocycles. The van der Waals surface area contributed by atoms with Crippen LogP contribution in [0.4, 0.5) is 0 Å². The van der Waals surface area contributed by atoms with Crippen LogP contribution in [0.5, 0.6) is 0 Å². The summed E-state index contributed by atoms with van der Waals surface area (Å²) < 4.78 is 33.7. The van der Waals surface area contributed by atoms with Crippen molar-refractivity contribution in [3.05, 3.63) is 36.5 Å². The number of ether oxygens (including phenoxy) is 2. The number of carbonyl (C=O) groups is 2. The van der Waals surface area contributed by atoms with Crippen LogP contribution >= 0.6 is 7.82 Å². The van der Waals surface area contributed by atoms with Crippen molar-refractivity contribution in [1.29, 1.82) is 0 Å². The zero-order chi connectivity index (χ0) is 37.2. The second kappa shape index (κ2) is 33.1. The molecule has 0 amide bonds. The summed E-state index contributed by atoms with van der Waals surface area (Å²) in [6.45, 7) is 4.11. The molecule has 0 aliphatic heterocycles. The Bertz CT molecular complexity index is 959. The van der Waals surface area contributed by atoms with E-state index >= 15 is 0 Å². The largest absolute Gasteiger partial charge is 0.756 e. The van der Waals surface area contributed by atoms with Crippen molar-refractivity contribution < 1.29 is 42.1 Å². The van der Waals surface area contributed by atoms with Gasteiger partial charge in [-0.15, -0.1) is 0 Å². The van der Waals surface area contributed by atoms with Gasteiger partial charge in [0.2, 0.25) is 0 Å². The number of unbranched alkanes of at least 4 members (excludes halogenated alkanes) is 15. The highest BCUT2D eigenvalue weighted by Crippen LogP contribution is 2.38. The van der Waals surface area contributed by atoms with Crippen LogP contribution < -0.4 is 4.89 Å². The van der Waals surface area contributed by atoms with Crippen molar-refractivity contribution >= 4 is 19.8 Å². The van der Waals surface area contributed by atoms with Crippen LogP contribution in [0.1, 0.15) is 155 Å². The number of phosphoric acid groups is 1. The predicted octanol–water partition coefficient (Wildman–Crippen LogP) is 9.94. The fourth-order valence-electron chi connectivity index (χ4n) is 4.96. The highest BCUT2D eigenvalue weighted by atomic mass is 31.2. The van der Waals surface area contributed by atoms with Crippen LogP contribution in [-0.4, -0.2) is 70.0 Å². The standard InChI is InChI=1S/C40H74NO8P/c1-6-8-10-12-14-16-18-19-20-21-23-25-27-29-31-33-40(43)49-38(37-48-50(44,45)47-35-34-41(3,4)5)36-46-39(42)32-30-28-26-24-22-17-15-13-11-9-7-2/h13-16,19-20,38H,6-12,17-18,21-37H2,1-5H3/b15-13+,16-14+,20-19+/t38-/m1/s1. The first-order chi connectivity index (χ1) is 24.0. The Hall–Kier alpha value is -1.77. The van der Waals surface area contributed by atoms with Crippen molar-refractivity contribution in [1.82, 2.24) is 0 Å². The van der Waals surface area contributed by atoms with Crippen LogP contribution in [0, 0.1) is 0 Å². The topological polar surface area (TPSA) is 111 Å². The number of rotatable bonds is 35. The van der Waals surface area contributed by atoms with Gasteiger partial charge in [0, 0.05) is 12.8 Å². The third-order valence-corrected chi connectivity index (χ3v) is 9.10. The summed E-state index contributed by atoms with van der Waals surface area (Å²) in [6.07, 6.45) is 34.5. The quantitative estimate of drug-likeness (QED) is 0.0209. The number of likely N-dealkylation sites (N-methyl/N-ethyl adjacent to an activating group) is 1. The molecule has 2 atom stereocenters. The van der Waals surface area contributed by atoms with Gasteiger partial charge in [0.25, 0.3) is 7.82 Å². The van der Waals surface area contributed by atoms with Crippen LogP contribution in [0.15, 0.2) is 36.5 Å². The van der Waals surface area contributed by atoms with Crippen molar-refractivity contribution in [3.8, 4) is 0 Å². The number of phosphoric ester groups is 1. The lowest BCUT2D eigenvalue weighted by Crippen LogP contribution is -2.37. The molecule has 0 saturated heterocycles. The van der Waals surface area contributed by atoms with Gasteiger partial charge >= 0.3 is 11.9 Å². The highest BCUT2D eigenvalue weighted by molar-refractivity contribution is 7.45. The summed E-state index contributed by atoms with van der Waals surface area (Å²) in [4.78, 5) is 37.3. The molecule has 10 heteroatoms. The van der Waals surface area contributed by atoms with Gasteiger partial charge in [-0.05, 0) is 64.2 Å². The van der Waals surface area contributed by atoms with Gasteiger partial charge in [-0.2, -0.15) is 0 Å². The summed E-state index contributed by atoms with van der Waals surface area (Å²) in [5, 5.41) is 0. The average Bonchev–Trinajstić information content (AvgIpc) is 3.06. The SMILES string of the molecule is CCCC/C=C/CCCCCCCC(=O)OC[C@H](COP(=O)([O-])OCC[N+](C)(C)C)OC(=O)CCCCCCC/C=C/C/C=C/CCCCC. The Morgan fingerprint density at radius 2 is 1.10 bits per heavy atom. The number of hydrogen-bond donors (Lipinski definition) is 0. The van der Waals surface area contributed by atoms with Crippen LogP contribution in [0.3, 0.4) is 0 Å². The molecule has 50 heavy (non-hydrogen) atoms. The number of esters is 2. The molecule has 0 aromatic carbocycles. The summed E-state index contributed by atoms with van der Waals surface area (Å²) in [7, 11) is 1.15. The molecule has 0 aromatic heterocycles. The van der Waals surface area contributed by atoms with E-state index in [9.17, 15) is 19.0 Å². The van der Waals surface area contributed by atoms with E-state index in [1.54, 1.807) is 0 Å². The normalized spacial score (nSPS) is 14.1. The minimum Gasteiger partial charge on any atom is -0.756 e. The van der Waals surface area contributed by atoms with Crippen molar-refractivity contribution in [2.24, 2.45) is 0 Å². The molecule has 0 aliphatic rings. The molecule has 0 fully saturated rings. The third-order valence-electron chi connectivity index (χ3n) is 8.13. The molecular formula is C40H74NO8P. The highest BCUT2D eigenvalue weighted by Gasteiger charge is 2.21. The lowest BCUT2D eigenvalue weighted by Gasteiger charge is -2.28.